The van der Waals surface area contributed by atoms with Gasteiger partial charge in [0.25, 0.3) is 0 Å². The number of hydrogen-bond donors (Lipinski definition) is 1. The number of Topliss-reactive ketones (excluding diaryl/α,β-unsaturated/α-hetero) is 1. The number of amides is 1. The van der Waals surface area contributed by atoms with Crippen molar-refractivity contribution in [2.75, 3.05) is 5.32 Å². The molecule has 1 N–H and O–H groups in total. The Kier molecular flexibility index (Phi) is 5.81. The Balaban J connectivity index is 1.52. The number of anilines is 1. The quantitative estimate of drug-likeness (QED) is 0.643. The molecule has 0 saturated carbocycles. The molecule has 0 bridgehead atoms. The predicted octanol–water partition coefficient (Wildman–Crippen LogP) is 4.15. The number of aryl methyl sites for hydroxylation is 2. The summed E-state index contributed by atoms with van der Waals surface area (Å²) in [4.78, 5) is 24.6. The molecule has 1 amide bonds. The fraction of sp³-hybridized carbons (Fsp3) is 0.227. The first-order valence-electron chi connectivity index (χ1n) is 8.98. The standard InChI is InChI=1S/C22H23N3O2/c1-16-8-9-17(2)20(12-16)21(26)10-11-22(27)24-19-13-23-25(15-19)14-18-6-4-3-5-7-18/h3-9,12-13,15H,10-11,14H2,1-2H3,(H,24,27). The monoisotopic (exact) mass is 361 g/mol. The van der Waals surface area contributed by atoms with Crippen LogP contribution in [0.4, 0.5) is 5.69 Å². The Morgan fingerprint density at radius 2 is 1.81 bits per heavy atom. The average Bonchev–Trinajstić information content (AvgIpc) is 3.09. The van der Waals surface area contributed by atoms with Gasteiger partial charge in [-0.3, -0.25) is 14.3 Å². The van der Waals surface area contributed by atoms with Crippen LogP contribution in [0.5, 0.6) is 0 Å². The zero-order valence-corrected chi connectivity index (χ0v) is 15.6. The van der Waals surface area contributed by atoms with E-state index >= 15 is 0 Å². The van der Waals surface area contributed by atoms with Crippen LogP contribution in [0.3, 0.4) is 0 Å². The Bertz CT molecular complexity index is 945. The molecule has 2 aromatic carbocycles. The summed E-state index contributed by atoms with van der Waals surface area (Å²) >= 11 is 0. The molecule has 0 radical (unpaired) electrons. The van der Waals surface area contributed by atoms with Crippen molar-refractivity contribution in [3.63, 3.8) is 0 Å². The molecule has 1 aromatic heterocycles. The topological polar surface area (TPSA) is 64.0 Å². The number of carbonyl (C=O) groups is 2. The zero-order valence-electron chi connectivity index (χ0n) is 15.6. The van der Waals surface area contributed by atoms with Gasteiger partial charge in [0.15, 0.2) is 5.78 Å². The van der Waals surface area contributed by atoms with E-state index in [-0.39, 0.29) is 24.5 Å². The molecule has 27 heavy (non-hydrogen) atoms. The molecule has 0 aliphatic heterocycles. The number of aromatic nitrogens is 2. The summed E-state index contributed by atoms with van der Waals surface area (Å²) in [6.45, 7) is 4.51. The molecule has 0 saturated heterocycles. The summed E-state index contributed by atoms with van der Waals surface area (Å²) in [6, 6.07) is 15.8. The van der Waals surface area contributed by atoms with Crippen LogP contribution in [0.1, 0.15) is 39.9 Å². The number of rotatable bonds is 7. The molecule has 138 valence electrons. The van der Waals surface area contributed by atoms with E-state index in [9.17, 15) is 9.59 Å². The molecular weight excluding hydrogens is 338 g/mol. The van der Waals surface area contributed by atoms with Gasteiger partial charge < -0.3 is 5.32 Å². The lowest BCUT2D eigenvalue weighted by Gasteiger charge is -2.06. The van der Waals surface area contributed by atoms with Crippen LogP contribution in [0.25, 0.3) is 0 Å². The minimum atomic E-state index is -0.187. The van der Waals surface area contributed by atoms with E-state index in [1.54, 1.807) is 17.1 Å². The normalized spacial score (nSPS) is 10.6. The highest BCUT2D eigenvalue weighted by Gasteiger charge is 2.12. The second-order valence-electron chi connectivity index (χ2n) is 6.70. The maximum atomic E-state index is 12.4. The molecule has 0 spiro atoms. The molecule has 0 atom stereocenters. The minimum Gasteiger partial charge on any atom is -0.323 e. The van der Waals surface area contributed by atoms with Crippen molar-refractivity contribution in [1.82, 2.24) is 9.78 Å². The predicted molar refractivity (Wildman–Crippen MR) is 106 cm³/mol. The van der Waals surface area contributed by atoms with Crippen molar-refractivity contribution in [2.45, 2.75) is 33.2 Å². The van der Waals surface area contributed by atoms with Crippen LogP contribution < -0.4 is 5.32 Å². The first kappa shape index (κ1) is 18.6. The fourth-order valence-corrected chi connectivity index (χ4v) is 2.91. The molecule has 0 fully saturated rings. The third-order valence-corrected chi connectivity index (χ3v) is 4.38. The molecule has 0 aliphatic rings. The maximum absolute atomic E-state index is 12.4. The molecular formula is C22H23N3O2. The van der Waals surface area contributed by atoms with Crippen molar-refractivity contribution >= 4 is 17.4 Å². The number of nitrogens with zero attached hydrogens (tertiary/aromatic N) is 2. The lowest BCUT2D eigenvalue weighted by molar-refractivity contribution is -0.116. The second-order valence-corrected chi connectivity index (χ2v) is 6.70. The van der Waals surface area contributed by atoms with Crippen LogP contribution in [0, 0.1) is 13.8 Å². The van der Waals surface area contributed by atoms with Crippen LogP contribution in [-0.4, -0.2) is 21.5 Å². The van der Waals surface area contributed by atoms with Gasteiger partial charge in [-0.25, -0.2) is 0 Å². The van der Waals surface area contributed by atoms with E-state index in [0.717, 1.165) is 16.7 Å². The third kappa shape index (κ3) is 5.14. The summed E-state index contributed by atoms with van der Waals surface area (Å²) in [5.74, 6) is -0.195. The van der Waals surface area contributed by atoms with Gasteiger partial charge in [-0.1, -0.05) is 48.0 Å². The van der Waals surface area contributed by atoms with Crippen LogP contribution >= 0.6 is 0 Å². The van der Waals surface area contributed by atoms with E-state index < -0.39 is 0 Å². The number of nitrogens with one attached hydrogen (secondary N) is 1. The van der Waals surface area contributed by atoms with Gasteiger partial charge in [-0.2, -0.15) is 5.10 Å². The summed E-state index contributed by atoms with van der Waals surface area (Å²) < 4.78 is 1.77. The Morgan fingerprint density at radius 1 is 1.04 bits per heavy atom. The smallest absolute Gasteiger partial charge is 0.224 e. The summed E-state index contributed by atoms with van der Waals surface area (Å²) in [7, 11) is 0. The van der Waals surface area contributed by atoms with E-state index in [0.29, 0.717) is 17.8 Å². The van der Waals surface area contributed by atoms with Crippen molar-refractivity contribution in [3.8, 4) is 0 Å². The van der Waals surface area contributed by atoms with E-state index in [1.807, 2.05) is 62.4 Å². The number of carbonyl (C=O) groups excluding carboxylic acids is 2. The molecule has 0 unspecified atom stereocenters. The van der Waals surface area contributed by atoms with Gasteiger partial charge in [0.05, 0.1) is 18.4 Å². The minimum absolute atomic E-state index is 0.00822. The van der Waals surface area contributed by atoms with Crippen molar-refractivity contribution in [2.24, 2.45) is 0 Å². The number of ketones is 1. The van der Waals surface area contributed by atoms with Crippen molar-refractivity contribution in [3.05, 3.63) is 83.2 Å². The van der Waals surface area contributed by atoms with Crippen molar-refractivity contribution < 1.29 is 9.59 Å². The van der Waals surface area contributed by atoms with Gasteiger partial charge in [-0.15, -0.1) is 0 Å². The lowest BCUT2D eigenvalue weighted by atomic mass is 9.99. The third-order valence-electron chi connectivity index (χ3n) is 4.38. The molecule has 5 heteroatoms. The van der Waals surface area contributed by atoms with E-state index in [2.05, 4.69) is 10.4 Å². The van der Waals surface area contributed by atoms with Gasteiger partial charge in [0.1, 0.15) is 0 Å². The van der Waals surface area contributed by atoms with E-state index in [1.165, 1.54) is 0 Å². The fourth-order valence-electron chi connectivity index (χ4n) is 2.91. The number of hydrogen-bond acceptors (Lipinski definition) is 3. The Labute approximate surface area is 159 Å². The first-order valence-corrected chi connectivity index (χ1v) is 8.98. The Morgan fingerprint density at radius 3 is 2.59 bits per heavy atom. The van der Waals surface area contributed by atoms with Crippen LogP contribution in [0.2, 0.25) is 0 Å². The molecule has 3 aromatic rings. The van der Waals surface area contributed by atoms with Crippen LogP contribution in [0.15, 0.2) is 60.9 Å². The molecule has 3 rings (SSSR count). The molecule has 0 aliphatic carbocycles. The largest absolute Gasteiger partial charge is 0.323 e. The number of benzene rings is 2. The highest BCUT2D eigenvalue weighted by atomic mass is 16.2. The summed E-state index contributed by atoms with van der Waals surface area (Å²) in [5, 5.41) is 7.07. The highest BCUT2D eigenvalue weighted by molar-refractivity contribution is 6.00. The average molecular weight is 361 g/mol. The Hall–Kier alpha value is -3.21. The summed E-state index contributed by atoms with van der Waals surface area (Å²) in [5.41, 5.74) is 4.44. The first-order chi connectivity index (χ1) is 13.0. The van der Waals surface area contributed by atoms with Gasteiger partial charge >= 0.3 is 0 Å². The van der Waals surface area contributed by atoms with Gasteiger partial charge in [0, 0.05) is 24.6 Å². The molecule has 1 heterocycles. The van der Waals surface area contributed by atoms with Gasteiger partial charge in [0.2, 0.25) is 5.91 Å². The highest BCUT2D eigenvalue weighted by Crippen LogP contribution is 2.15. The molecule has 5 nitrogen and oxygen atoms in total. The maximum Gasteiger partial charge on any atom is 0.224 e. The summed E-state index contributed by atoms with van der Waals surface area (Å²) in [6.07, 6.45) is 3.75. The van der Waals surface area contributed by atoms with Crippen LogP contribution in [-0.2, 0) is 11.3 Å². The van der Waals surface area contributed by atoms with E-state index in [4.69, 9.17) is 0 Å². The lowest BCUT2D eigenvalue weighted by Crippen LogP contribution is -2.13. The van der Waals surface area contributed by atoms with Gasteiger partial charge in [-0.05, 0) is 31.0 Å². The van der Waals surface area contributed by atoms with Crippen molar-refractivity contribution in [1.29, 1.82) is 0 Å². The SMILES string of the molecule is Cc1ccc(C)c(C(=O)CCC(=O)Nc2cnn(Cc3ccccc3)c2)c1. The second kappa shape index (κ2) is 8.45. The zero-order chi connectivity index (χ0) is 19.2.